The highest BCUT2D eigenvalue weighted by Gasteiger charge is 2.31. The first-order valence-electron chi connectivity index (χ1n) is 9.99. The first kappa shape index (κ1) is 21.0. The highest BCUT2D eigenvalue weighted by molar-refractivity contribution is 5.98. The molecule has 1 aromatic heterocycles. The first-order valence-corrected chi connectivity index (χ1v) is 9.99. The van der Waals surface area contributed by atoms with Crippen molar-refractivity contribution in [2.45, 2.75) is 32.6 Å². The van der Waals surface area contributed by atoms with E-state index in [-0.39, 0.29) is 28.8 Å². The fraction of sp³-hybridized carbons (Fsp3) is 0.250. The van der Waals surface area contributed by atoms with E-state index >= 15 is 0 Å². The van der Waals surface area contributed by atoms with Gasteiger partial charge in [-0.05, 0) is 55.2 Å². The molecule has 0 N–H and O–H groups in total. The van der Waals surface area contributed by atoms with Gasteiger partial charge in [-0.3, -0.25) is 9.36 Å². The second kappa shape index (κ2) is 8.13. The Morgan fingerprint density at radius 2 is 1.68 bits per heavy atom. The first-order chi connectivity index (χ1) is 14.7. The number of aromatic nitrogens is 2. The molecule has 1 aliphatic rings. The van der Waals surface area contributed by atoms with Crippen molar-refractivity contribution in [3.63, 3.8) is 0 Å². The summed E-state index contributed by atoms with van der Waals surface area (Å²) in [5.74, 6) is -3.29. The minimum Gasteiger partial charge on any atom is -0.268 e. The third-order valence-electron chi connectivity index (χ3n) is 5.53. The number of nitrogens with zero attached hydrogens (tertiary/aromatic N) is 2. The van der Waals surface area contributed by atoms with Crippen molar-refractivity contribution in [2.24, 2.45) is 5.92 Å². The molecule has 0 fully saturated rings. The summed E-state index contributed by atoms with van der Waals surface area (Å²) in [6, 6.07) is 5.95. The summed E-state index contributed by atoms with van der Waals surface area (Å²) in [5, 5.41) is 0. The maximum atomic E-state index is 14.4. The van der Waals surface area contributed by atoms with Crippen LogP contribution in [0.1, 0.15) is 59.3 Å². The molecule has 2 unspecified atom stereocenters. The van der Waals surface area contributed by atoms with Crippen molar-refractivity contribution in [1.82, 2.24) is 9.55 Å². The smallest absolute Gasteiger partial charge is 0.266 e. The second-order valence-electron chi connectivity index (χ2n) is 8.01. The fourth-order valence-corrected chi connectivity index (χ4v) is 4.13. The zero-order chi connectivity index (χ0) is 22.3. The SMILES string of the molecule is CC1Cc2c(nc(C=Cc3ccc(F)cc3F)n2C(=O)c2ccc(F)cc2F)C(C)C1. The van der Waals surface area contributed by atoms with Crippen molar-refractivity contribution >= 4 is 18.1 Å². The summed E-state index contributed by atoms with van der Waals surface area (Å²) in [7, 11) is 0. The molecule has 0 bridgehead atoms. The van der Waals surface area contributed by atoms with Gasteiger partial charge in [-0.25, -0.2) is 22.5 Å². The molecular formula is C24H20F4N2O. The molecule has 3 aromatic rings. The van der Waals surface area contributed by atoms with E-state index in [9.17, 15) is 22.4 Å². The Balaban J connectivity index is 1.84. The molecule has 0 amide bonds. The Kier molecular flexibility index (Phi) is 5.52. The molecule has 0 spiro atoms. The quantitative estimate of drug-likeness (QED) is 0.481. The van der Waals surface area contributed by atoms with Gasteiger partial charge in [0.1, 0.15) is 29.1 Å². The largest absolute Gasteiger partial charge is 0.268 e. The summed E-state index contributed by atoms with van der Waals surface area (Å²) < 4.78 is 56.2. The maximum Gasteiger partial charge on any atom is 0.266 e. The number of rotatable bonds is 3. The van der Waals surface area contributed by atoms with Crippen LogP contribution in [0.3, 0.4) is 0 Å². The summed E-state index contributed by atoms with van der Waals surface area (Å²) in [6.45, 7) is 4.06. The molecule has 0 radical (unpaired) electrons. The molecule has 3 nitrogen and oxygen atoms in total. The molecule has 4 rings (SSSR count). The summed E-state index contributed by atoms with van der Waals surface area (Å²) in [6.07, 6.45) is 4.30. The molecule has 0 saturated carbocycles. The Morgan fingerprint density at radius 3 is 2.35 bits per heavy atom. The van der Waals surface area contributed by atoms with E-state index in [4.69, 9.17) is 0 Å². The molecule has 160 valence electrons. The van der Waals surface area contributed by atoms with Gasteiger partial charge in [-0.1, -0.05) is 13.8 Å². The lowest BCUT2D eigenvalue weighted by molar-refractivity contribution is 0.0950. The monoisotopic (exact) mass is 428 g/mol. The normalized spacial score (nSPS) is 18.4. The predicted molar refractivity (Wildman–Crippen MR) is 109 cm³/mol. The summed E-state index contributed by atoms with van der Waals surface area (Å²) in [5.41, 5.74) is 1.23. The van der Waals surface area contributed by atoms with Crippen LogP contribution in [0.25, 0.3) is 12.2 Å². The van der Waals surface area contributed by atoms with Crippen LogP contribution in [0.5, 0.6) is 0 Å². The van der Waals surface area contributed by atoms with E-state index in [1.54, 1.807) is 0 Å². The zero-order valence-corrected chi connectivity index (χ0v) is 17.0. The molecule has 7 heteroatoms. The van der Waals surface area contributed by atoms with Crippen molar-refractivity contribution in [3.8, 4) is 0 Å². The van der Waals surface area contributed by atoms with Gasteiger partial charge in [0, 0.05) is 29.3 Å². The topological polar surface area (TPSA) is 34.9 Å². The van der Waals surface area contributed by atoms with Gasteiger partial charge < -0.3 is 0 Å². The number of imidazole rings is 1. The highest BCUT2D eigenvalue weighted by atomic mass is 19.1. The highest BCUT2D eigenvalue weighted by Crippen LogP contribution is 2.35. The lowest BCUT2D eigenvalue weighted by Gasteiger charge is -2.24. The Labute approximate surface area is 177 Å². The van der Waals surface area contributed by atoms with E-state index in [1.165, 1.54) is 22.8 Å². The number of carbonyl (C=O) groups is 1. The zero-order valence-electron chi connectivity index (χ0n) is 17.0. The number of halogens is 4. The van der Waals surface area contributed by atoms with Gasteiger partial charge >= 0.3 is 0 Å². The van der Waals surface area contributed by atoms with Crippen molar-refractivity contribution in [1.29, 1.82) is 0 Å². The summed E-state index contributed by atoms with van der Waals surface area (Å²) in [4.78, 5) is 17.9. The van der Waals surface area contributed by atoms with Gasteiger partial charge in [0.2, 0.25) is 0 Å². The van der Waals surface area contributed by atoms with Gasteiger partial charge in [0.25, 0.3) is 5.91 Å². The molecule has 31 heavy (non-hydrogen) atoms. The number of hydrogen-bond acceptors (Lipinski definition) is 2. The van der Waals surface area contributed by atoms with Crippen molar-refractivity contribution in [3.05, 3.63) is 88.0 Å². The minimum absolute atomic E-state index is 0.0839. The average Bonchev–Trinajstić information content (AvgIpc) is 3.05. The maximum absolute atomic E-state index is 14.4. The van der Waals surface area contributed by atoms with Gasteiger partial charge in [-0.15, -0.1) is 0 Å². The van der Waals surface area contributed by atoms with Crippen LogP contribution < -0.4 is 0 Å². The van der Waals surface area contributed by atoms with Crippen LogP contribution >= 0.6 is 0 Å². The van der Waals surface area contributed by atoms with Gasteiger partial charge in [0.15, 0.2) is 0 Å². The van der Waals surface area contributed by atoms with Crippen molar-refractivity contribution < 1.29 is 22.4 Å². The van der Waals surface area contributed by atoms with E-state index < -0.39 is 29.2 Å². The molecule has 0 aliphatic heterocycles. The second-order valence-corrected chi connectivity index (χ2v) is 8.01. The van der Waals surface area contributed by atoms with Crippen LogP contribution in [0.2, 0.25) is 0 Å². The van der Waals surface area contributed by atoms with E-state index in [1.807, 2.05) is 6.92 Å². The van der Waals surface area contributed by atoms with Crippen LogP contribution in [0, 0.1) is 29.2 Å². The third kappa shape index (κ3) is 4.04. The van der Waals surface area contributed by atoms with E-state index in [0.717, 1.165) is 36.4 Å². The Hall–Kier alpha value is -3.22. The fourth-order valence-electron chi connectivity index (χ4n) is 4.13. The Bertz CT molecular complexity index is 1200. The van der Waals surface area contributed by atoms with Crippen LogP contribution in [0.15, 0.2) is 36.4 Å². The molecular weight excluding hydrogens is 408 g/mol. The molecule has 2 aromatic carbocycles. The van der Waals surface area contributed by atoms with Gasteiger partial charge in [-0.2, -0.15) is 0 Å². The predicted octanol–water partition coefficient (Wildman–Crippen LogP) is 5.98. The number of carbonyl (C=O) groups excluding carboxylic acids is 1. The number of fused-ring (bicyclic) bond motifs is 1. The molecule has 1 aliphatic carbocycles. The standard InChI is InChI=1S/C24H20F4N2O/c1-13-9-14(2)23-21(10-13)30(24(31)18-7-6-17(26)12-20(18)28)22(29-23)8-4-15-3-5-16(25)11-19(15)27/h3-8,11-14H,9-10H2,1-2H3. The van der Waals surface area contributed by atoms with Crippen LogP contribution in [-0.4, -0.2) is 15.5 Å². The van der Waals surface area contributed by atoms with Crippen molar-refractivity contribution in [2.75, 3.05) is 0 Å². The summed E-state index contributed by atoms with van der Waals surface area (Å²) >= 11 is 0. The van der Waals surface area contributed by atoms with Crippen LogP contribution in [-0.2, 0) is 6.42 Å². The minimum atomic E-state index is -0.969. The van der Waals surface area contributed by atoms with E-state index in [2.05, 4.69) is 11.9 Å². The van der Waals surface area contributed by atoms with Gasteiger partial charge in [0.05, 0.1) is 11.3 Å². The number of benzene rings is 2. The molecule has 1 heterocycles. The molecule has 2 atom stereocenters. The lowest BCUT2D eigenvalue weighted by atomic mass is 9.84. The average molecular weight is 428 g/mol. The van der Waals surface area contributed by atoms with E-state index in [0.29, 0.717) is 18.2 Å². The lowest BCUT2D eigenvalue weighted by Crippen LogP contribution is -2.22. The third-order valence-corrected chi connectivity index (χ3v) is 5.53. The molecule has 0 saturated heterocycles. The Morgan fingerprint density at radius 1 is 1.00 bits per heavy atom. The number of hydrogen-bond donors (Lipinski definition) is 0. The van der Waals surface area contributed by atoms with Crippen LogP contribution in [0.4, 0.5) is 17.6 Å².